The van der Waals surface area contributed by atoms with E-state index in [4.69, 9.17) is 9.47 Å². The van der Waals surface area contributed by atoms with Crippen LogP contribution in [-0.2, 0) is 14.3 Å². The van der Waals surface area contributed by atoms with Crippen molar-refractivity contribution in [2.24, 2.45) is 11.8 Å². The largest absolute Gasteiger partial charge is 0.346 e. The van der Waals surface area contributed by atoms with E-state index >= 15 is 0 Å². The van der Waals surface area contributed by atoms with Crippen LogP contribution in [0.5, 0.6) is 0 Å². The molecule has 108 valence electrons. The van der Waals surface area contributed by atoms with E-state index in [1.54, 1.807) is 0 Å². The summed E-state index contributed by atoms with van der Waals surface area (Å²) < 4.78 is 10.9. The number of ether oxygens (including phenoxy) is 2. The Bertz CT molecular complexity index is 469. The van der Waals surface area contributed by atoms with E-state index in [1.807, 2.05) is 24.3 Å². The van der Waals surface area contributed by atoms with Crippen molar-refractivity contribution in [2.75, 3.05) is 31.6 Å². The van der Waals surface area contributed by atoms with E-state index in [1.165, 1.54) is 0 Å². The molecular weight excluding hydrogens is 256 g/mol. The van der Waals surface area contributed by atoms with Crippen molar-refractivity contribution in [1.82, 2.24) is 5.32 Å². The summed E-state index contributed by atoms with van der Waals surface area (Å²) in [6.45, 7) is 5.04. The molecule has 5 heteroatoms. The molecule has 0 radical (unpaired) electrons. The van der Waals surface area contributed by atoms with E-state index in [0.29, 0.717) is 19.1 Å². The van der Waals surface area contributed by atoms with Gasteiger partial charge in [0.1, 0.15) is 0 Å². The summed E-state index contributed by atoms with van der Waals surface area (Å²) in [4.78, 5) is 12.2. The molecule has 2 aliphatic heterocycles. The first kappa shape index (κ1) is 13.5. The SMILES string of the molecule is CC1CNCC1C(=O)Nc1ccc(C2OCCO2)cc1. The van der Waals surface area contributed by atoms with Gasteiger partial charge in [0, 0.05) is 17.8 Å². The Morgan fingerprint density at radius 2 is 1.90 bits per heavy atom. The van der Waals surface area contributed by atoms with Gasteiger partial charge < -0.3 is 20.1 Å². The zero-order chi connectivity index (χ0) is 13.9. The summed E-state index contributed by atoms with van der Waals surface area (Å²) in [7, 11) is 0. The van der Waals surface area contributed by atoms with E-state index in [2.05, 4.69) is 17.6 Å². The molecule has 0 aromatic heterocycles. The summed E-state index contributed by atoms with van der Waals surface area (Å²) in [5.74, 6) is 0.523. The van der Waals surface area contributed by atoms with Crippen LogP contribution in [0.3, 0.4) is 0 Å². The second-order valence-corrected chi connectivity index (χ2v) is 5.43. The normalized spacial score (nSPS) is 26.9. The lowest BCUT2D eigenvalue weighted by molar-refractivity contribution is -0.120. The highest BCUT2D eigenvalue weighted by atomic mass is 16.7. The van der Waals surface area contributed by atoms with E-state index in [0.717, 1.165) is 24.3 Å². The van der Waals surface area contributed by atoms with Gasteiger partial charge in [0.05, 0.1) is 19.1 Å². The minimum absolute atomic E-state index is 0.0520. The zero-order valence-corrected chi connectivity index (χ0v) is 11.6. The number of carbonyl (C=O) groups excluding carboxylic acids is 1. The first-order chi connectivity index (χ1) is 9.74. The summed E-state index contributed by atoms with van der Waals surface area (Å²) in [5.41, 5.74) is 1.80. The molecule has 5 nitrogen and oxygen atoms in total. The topological polar surface area (TPSA) is 59.6 Å². The van der Waals surface area contributed by atoms with Crippen molar-refractivity contribution in [1.29, 1.82) is 0 Å². The fraction of sp³-hybridized carbons (Fsp3) is 0.533. The summed E-state index contributed by atoms with van der Waals surface area (Å²) in [6, 6.07) is 7.65. The monoisotopic (exact) mass is 276 g/mol. The summed E-state index contributed by atoms with van der Waals surface area (Å²) in [6.07, 6.45) is -0.265. The van der Waals surface area contributed by atoms with Gasteiger partial charge in [-0.1, -0.05) is 19.1 Å². The molecule has 1 amide bonds. The third-order valence-electron chi connectivity index (χ3n) is 3.93. The number of rotatable bonds is 3. The Morgan fingerprint density at radius 3 is 2.50 bits per heavy atom. The first-order valence-corrected chi connectivity index (χ1v) is 7.09. The average molecular weight is 276 g/mol. The van der Waals surface area contributed by atoms with Gasteiger partial charge >= 0.3 is 0 Å². The lowest BCUT2D eigenvalue weighted by Crippen LogP contribution is -2.27. The van der Waals surface area contributed by atoms with Crippen LogP contribution in [0.2, 0.25) is 0 Å². The molecule has 20 heavy (non-hydrogen) atoms. The Hall–Kier alpha value is -1.43. The van der Waals surface area contributed by atoms with Crippen LogP contribution in [0, 0.1) is 11.8 Å². The maximum absolute atomic E-state index is 12.2. The van der Waals surface area contributed by atoms with Crippen molar-refractivity contribution in [2.45, 2.75) is 13.2 Å². The standard InChI is InChI=1S/C15H20N2O3/c1-10-8-16-9-13(10)14(18)17-12-4-2-11(3-5-12)15-19-6-7-20-15/h2-5,10,13,15-16H,6-9H2,1H3,(H,17,18). The van der Waals surface area contributed by atoms with E-state index in [9.17, 15) is 4.79 Å². The summed E-state index contributed by atoms with van der Waals surface area (Å²) >= 11 is 0. The van der Waals surface area contributed by atoms with Gasteiger partial charge in [0.25, 0.3) is 0 Å². The molecule has 2 aliphatic rings. The molecule has 1 aromatic rings. The third-order valence-corrected chi connectivity index (χ3v) is 3.93. The predicted molar refractivity (Wildman–Crippen MR) is 75.2 cm³/mol. The number of carbonyl (C=O) groups is 1. The molecule has 0 aliphatic carbocycles. The van der Waals surface area contributed by atoms with Crippen molar-refractivity contribution >= 4 is 11.6 Å². The van der Waals surface area contributed by atoms with Gasteiger partial charge in [-0.2, -0.15) is 0 Å². The highest BCUT2D eigenvalue weighted by molar-refractivity contribution is 5.93. The highest BCUT2D eigenvalue weighted by Gasteiger charge is 2.29. The molecule has 1 aromatic carbocycles. The Labute approximate surface area is 118 Å². The van der Waals surface area contributed by atoms with Crippen LogP contribution in [-0.4, -0.2) is 32.2 Å². The lowest BCUT2D eigenvalue weighted by Gasteiger charge is -2.15. The zero-order valence-electron chi connectivity index (χ0n) is 11.6. The fourth-order valence-electron chi connectivity index (χ4n) is 2.67. The van der Waals surface area contributed by atoms with Gasteiger partial charge in [-0.15, -0.1) is 0 Å². The van der Waals surface area contributed by atoms with Crippen LogP contribution in [0.15, 0.2) is 24.3 Å². The molecule has 2 N–H and O–H groups in total. The van der Waals surface area contributed by atoms with Gasteiger partial charge in [0.15, 0.2) is 6.29 Å². The van der Waals surface area contributed by atoms with Gasteiger partial charge in [0.2, 0.25) is 5.91 Å². The molecule has 0 saturated carbocycles. The molecule has 3 rings (SSSR count). The van der Waals surface area contributed by atoms with E-state index < -0.39 is 0 Å². The summed E-state index contributed by atoms with van der Waals surface area (Å²) in [5, 5.41) is 6.21. The molecular formula is C15H20N2O3. The van der Waals surface area contributed by atoms with Crippen LogP contribution in [0.25, 0.3) is 0 Å². The smallest absolute Gasteiger partial charge is 0.229 e. The van der Waals surface area contributed by atoms with Crippen LogP contribution in [0.4, 0.5) is 5.69 Å². The van der Waals surface area contributed by atoms with E-state index in [-0.39, 0.29) is 18.1 Å². The number of amides is 1. The number of hydrogen-bond acceptors (Lipinski definition) is 4. The molecule has 2 fully saturated rings. The van der Waals surface area contributed by atoms with Gasteiger partial charge in [-0.25, -0.2) is 0 Å². The Kier molecular flexibility index (Phi) is 4.00. The fourth-order valence-corrected chi connectivity index (χ4v) is 2.67. The second-order valence-electron chi connectivity index (χ2n) is 5.43. The molecule has 0 bridgehead atoms. The first-order valence-electron chi connectivity index (χ1n) is 7.09. The van der Waals surface area contributed by atoms with Crippen molar-refractivity contribution < 1.29 is 14.3 Å². The second kappa shape index (κ2) is 5.91. The van der Waals surface area contributed by atoms with Crippen molar-refractivity contribution in [3.05, 3.63) is 29.8 Å². The minimum Gasteiger partial charge on any atom is -0.346 e. The van der Waals surface area contributed by atoms with Crippen molar-refractivity contribution in [3.63, 3.8) is 0 Å². The van der Waals surface area contributed by atoms with Crippen LogP contribution >= 0.6 is 0 Å². The maximum atomic E-state index is 12.2. The quantitative estimate of drug-likeness (QED) is 0.879. The number of anilines is 1. The number of benzene rings is 1. The number of nitrogens with one attached hydrogen (secondary N) is 2. The molecule has 2 saturated heterocycles. The average Bonchev–Trinajstić information content (AvgIpc) is 3.10. The van der Waals surface area contributed by atoms with Crippen LogP contribution in [0.1, 0.15) is 18.8 Å². The van der Waals surface area contributed by atoms with Crippen LogP contribution < -0.4 is 10.6 Å². The third kappa shape index (κ3) is 2.85. The maximum Gasteiger partial charge on any atom is 0.229 e. The molecule has 2 atom stereocenters. The molecule has 2 unspecified atom stereocenters. The van der Waals surface area contributed by atoms with Gasteiger partial charge in [-0.3, -0.25) is 4.79 Å². The minimum atomic E-state index is -0.265. The number of hydrogen-bond donors (Lipinski definition) is 2. The lowest BCUT2D eigenvalue weighted by atomic mass is 9.97. The Morgan fingerprint density at radius 1 is 1.20 bits per heavy atom. The Balaban J connectivity index is 1.61. The van der Waals surface area contributed by atoms with Crippen molar-refractivity contribution in [3.8, 4) is 0 Å². The highest BCUT2D eigenvalue weighted by Crippen LogP contribution is 2.25. The predicted octanol–water partition coefficient (Wildman–Crippen LogP) is 1.53. The van der Waals surface area contributed by atoms with Gasteiger partial charge in [-0.05, 0) is 24.6 Å². The molecule has 0 spiro atoms. The molecule has 2 heterocycles.